The van der Waals surface area contributed by atoms with E-state index in [1.807, 2.05) is 0 Å². The molecule has 0 fully saturated rings. The van der Waals surface area contributed by atoms with Gasteiger partial charge in [0.15, 0.2) is 0 Å². The second-order valence-corrected chi connectivity index (χ2v) is 3.63. The lowest BCUT2D eigenvalue weighted by Gasteiger charge is -2.02. The molecule has 0 spiro atoms. The highest BCUT2D eigenvalue weighted by Crippen LogP contribution is 2.12. The molecule has 0 heterocycles. The van der Waals surface area contributed by atoms with Crippen LogP contribution in [0.3, 0.4) is 0 Å². The van der Waals surface area contributed by atoms with Crippen molar-refractivity contribution < 1.29 is 0 Å². The zero-order valence-electron chi connectivity index (χ0n) is 7.70. The molecule has 0 aromatic rings. The van der Waals surface area contributed by atoms with Crippen molar-refractivity contribution in [2.24, 2.45) is 0 Å². The van der Waals surface area contributed by atoms with Gasteiger partial charge < -0.3 is 0 Å². The number of rotatable bonds is 6. The lowest BCUT2D eigenvalue weighted by atomic mass is 10.1. The third kappa shape index (κ3) is 6.61. The fraction of sp³-hybridized carbons (Fsp3) is 0.800. The molecule has 0 saturated carbocycles. The normalized spacial score (nSPS) is 12.1. The molecule has 0 rings (SSSR count). The minimum absolute atomic E-state index is 1.11. The summed E-state index contributed by atoms with van der Waals surface area (Å²) in [5, 5.41) is 1.11. The van der Waals surface area contributed by atoms with Crippen LogP contribution in [0.15, 0.2) is 11.6 Å². The van der Waals surface area contributed by atoms with Crippen LogP contribution in [-0.4, -0.2) is 5.33 Å². The van der Waals surface area contributed by atoms with E-state index >= 15 is 0 Å². The maximum Gasteiger partial charge on any atom is 0.00685 e. The predicted molar refractivity (Wildman–Crippen MR) is 56.3 cm³/mol. The first-order chi connectivity index (χ1) is 5.35. The van der Waals surface area contributed by atoms with Gasteiger partial charge in [0.2, 0.25) is 0 Å². The van der Waals surface area contributed by atoms with E-state index in [-0.39, 0.29) is 0 Å². The van der Waals surface area contributed by atoms with E-state index in [2.05, 4.69) is 35.9 Å². The SMILES string of the molecule is CCC/C=C(\CCC)CCBr. The predicted octanol–water partition coefficient (Wildman–Crippen LogP) is 4.30. The van der Waals surface area contributed by atoms with Crippen LogP contribution in [0.5, 0.6) is 0 Å². The van der Waals surface area contributed by atoms with Gasteiger partial charge in [0.25, 0.3) is 0 Å². The van der Waals surface area contributed by atoms with Crippen LogP contribution in [0.4, 0.5) is 0 Å². The van der Waals surface area contributed by atoms with E-state index in [4.69, 9.17) is 0 Å². The zero-order valence-corrected chi connectivity index (χ0v) is 9.28. The average Bonchev–Trinajstić information content (AvgIpc) is 2.01. The molecule has 11 heavy (non-hydrogen) atoms. The average molecular weight is 219 g/mol. The number of allylic oxidation sites excluding steroid dienone is 2. The van der Waals surface area contributed by atoms with E-state index in [0.717, 1.165) is 5.33 Å². The third-order valence-electron chi connectivity index (χ3n) is 1.71. The lowest BCUT2D eigenvalue weighted by Crippen LogP contribution is -1.84. The van der Waals surface area contributed by atoms with Crippen LogP contribution in [0, 0.1) is 0 Å². The molecule has 0 aliphatic rings. The quantitative estimate of drug-likeness (QED) is 0.461. The fourth-order valence-corrected chi connectivity index (χ4v) is 1.63. The molecule has 66 valence electrons. The van der Waals surface area contributed by atoms with Crippen LogP contribution >= 0.6 is 15.9 Å². The minimum atomic E-state index is 1.11. The molecule has 0 nitrogen and oxygen atoms in total. The van der Waals surface area contributed by atoms with Crippen molar-refractivity contribution in [3.05, 3.63) is 11.6 Å². The van der Waals surface area contributed by atoms with Crippen LogP contribution in [-0.2, 0) is 0 Å². The molecular formula is C10H19Br. The molecule has 0 aliphatic heterocycles. The molecule has 0 aliphatic carbocycles. The Labute approximate surface area is 79.2 Å². The third-order valence-corrected chi connectivity index (χ3v) is 2.10. The largest absolute Gasteiger partial charge is 0.0925 e. The molecule has 1 heteroatoms. The lowest BCUT2D eigenvalue weighted by molar-refractivity contribution is 0.840. The second kappa shape index (κ2) is 8.32. The van der Waals surface area contributed by atoms with Crippen LogP contribution < -0.4 is 0 Å². The van der Waals surface area contributed by atoms with Gasteiger partial charge in [-0.25, -0.2) is 0 Å². The Morgan fingerprint density at radius 3 is 2.36 bits per heavy atom. The van der Waals surface area contributed by atoms with Gasteiger partial charge in [-0.15, -0.1) is 0 Å². The van der Waals surface area contributed by atoms with Crippen LogP contribution in [0.1, 0.15) is 46.0 Å². The summed E-state index contributed by atoms with van der Waals surface area (Å²) < 4.78 is 0. The van der Waals surface area contributed by atoms with Crippen molar-refractivity contribution >= 4 is 15.9 Å². The zero-order chi connectivity index (χ0) is 8.53. The Bertz CT molecular complexity index is 97.4. The summed E-state index contributed by atoms with van der Waals surface area (Å²) >= 11 is 3.47. The van der Waals surface area contributed by atoms with Crippen molar-refractivity contribution in [2.75, 3.05) is 5.33 Å². The highest BCUT2D eigenvalue weighted by molar-refractivity contribution is 9.09. The van der Waals surface area contributed by atoms with Gasteiger partial charge in [-0.1, -0.05) is 54.3 Å². The highest BCUT2D eigenvalue weighted by atomic mass is 79.9. The van der Waals surface area contributed by atoms with Crippen molar-refractivity contribution in [2.45, 2.75) is 46.0 Å². The topological polar surface area (TPSA) is 0 Å². The van der Waals surface area contributed by atoms with Crippen molar-refractivity contribution in [3.8, 4) is 0 Å². The first-order valence-electron chi connectivity index (χ1n) is 4.59. The second-order valence-electron chi connectivity index (χ2n) is 2.84. The van der Waals surface area contributed by atoms with Gasteiger partial charge in [-0.3, -0.25) is 0 Å². The van der Waals surface area contributed by atoms with E-state index in [1.54, 1.807) is 5.57 Å². The van der Waals surface area contributed by atoms with E-state index < -0.39 is 0 Å². The van der Waals surface area contributed by atoms with Crippen molar-refractivity contribution in [1.82, 2.24) is 0 Å². The molecule has 0 bridgehead atoms. The highest BCUT2D eigenvalue weighted by Gasteiger charge is 1.93. The summed E-state index contributed by atoms with van der Waals surface area (Å²) in [7, 11) is 0. The molecule has 0 radical (unpaired) electrons. The summed E-state index contributed by atoms with van der Waals surface area (Å²) in [5.41, 5.74) is 1.63. The summed E-state index contributed by atoms with van der Waals surface area (Å²) in [6, 6.07) is 0. The summed E-state index contributed by atoms with van der Waals surface area (Å²) in [5.74, 6) is 0. The molecular weight excluding hydrogens is 200 g/mol. The molecule has 0 unspecified atom stereocenters. The van der Waals surface area contributed by atoms with E-state index in [0.29, 0.717) is 0 Å². The number of hydrogen-bond acceptors (Lipinski definition) is 0. The molecule has 0 aromatic heterocycles. The molecule has 0 aromatic carbocycles. The molecule has 0 amide bonds. The number of alkyl halides is 1. The van der Waals surface area contributed by atoms with Gasteiger partial charge in [-0.2, -0.15) is 0 Å². The van der Waals surface area contributed by atoms with E-state index in [1.165, 1.54) is 32.1 Å². The fourth-order valence-electron chi connectivity index (χ4n) is 1.12. The monoisotopic (exact) mass is 218 g/mol. The maximum atomic E-state index is 3.47. The van der Waals surface area contributed by atoms with Gasteiger partial charge in [-0.05, 0) is 19.3 Å². The Balaban J connectivity index is 3.66. The first kappa shape index (κ1) is 11.2. The molecule has 0 atom stereocenters. The Hall–Kier alpha value is 0.220. The van der Waals surface area contributed by atoms with Gasteiger partial charge in [0.1, 0.15) is 0 Å². The number of hydrogen-bond donors (Lipinski definition) is 0. The van der Waals surface area contributed by atoms with E-state index in [9.17, 15) is 0 Å². The summed E-state index contributed by atoms with van der Waals surface area (Å²) in [6.07, 6.45) is 8.73. The smallest absolute Gasteiger partial charge is 0.00685 e. The summed E-state index contributed by atoms with van der Waals surface area (Å²) in [4.78, 5) is 0. The minimum Gasteiger partial charge on any atom is -0.0925 e. The van der Waals surface area contributed by atoms with Gasteiger partial charge in [0.05, 0.1) is 0 Å². The molecule has 0 saturated heterocycles. The van der Waals surface area contributed by atoms with Crippen LogP contribution in [0.25, 0.3) is 0 Å². The standard InChI is InChI=1S/C10H19Br/c1-3-5-7-10(6-4-2)8-9-11/h7H,3-6,8-9H2,1-2H3/b10-7+. The Morgan fingerprint density at radius 2 is 1.91 bits per heavy atom. The molecule has 0 N–H and O–H groups in total. The van der Waals surface area contributed by atoms with Gasteiger partial charge >= 0.3 is 0 Å². The Kier molecular flexibility index (Phi) is 8.48. The summed E-state index contributed by atoms with van der Waals surface area (Å²) in [6.45, 7) is 4.47. The number of unbranched alkanes of at least 4 members (excludes halogenated alkanes) is 1. The van der Waals surface area contributed by atoms with Crippen molar-refractivity contribution in [3.63, 3.8) is 0 Å². The number of halogens is 1. The van der Waals surface area contributed by atoms with Crippen LogP contribution in [0.2, 0.25) is 0 Å². The first-order valence-corrected chi connectivity index (χ1v) is 5.71. The Morgan fingerprint density at radius 1 is 1.18 bits per heavy atom. The van der Waals surface area contributed by atoms with Gasteiger partial charge in [0, 0.05) is 5.33 Å². The van der Waals surface area contributed by atoms with Crippen molar-refractivity contribution in [1.29, 1.82) is 0 Å². The maximum absolute atomic E-state index is 3.47.